The quantitative estimate of drug-likeness (QED) is 0.802. The Morgan fingerprint density at radius 1 is 1.04 bits per heavy atom. The molecule has 0 atom stereocenters. The van der Waals surface area contributed by atoms with E-state index in [1.54, 1.807) is 24.3 Å². The van der Waals surface area contributed by atoms with E-state index in [0.717, 1.165) is 23.3 Å². The van der Waals surface area contributed by atoms with Crippen LogP contribution < -0.4 is 15.4 Å². The molecule has 2 N–H and O–H groups in total. The monoisotopic (exact) mass is 326 g/mol. The maximum absolute atomic E-state index is 11.9. The van der Waals surface area contributed by atoms with Crippen LogP contribution in [0.25, 0.3) is 0 Å². The molecule has 2 aromatic carbocycles. The lowest BCUT2D eigenvalue weighted by atomic mass is 10.1. The summed E-state index contributed by atoms with van der Waals surface area (Å²) < 4.78 is 5.47. The molecule has 0 unspecified atom stereocenters. The summed E-state index contributed by atoms with van der Waals surface area (Å²) in [5.74, 6) is -0.619. The van der Waals surface area contributed by atoms with Gasteiger partial charge in [-0.2, -0.15) is 0 Å². The van der Waals surface area contributed by atoms with Crippen molar-refractivity contribution < 1.29 is 14.3 Å². The zero-order valence-electron chi connectivity index (χ0n) is 14.0. The summed E-state index contributed by atoms with van der Waals surface area (Å²) in [6.45, 7) is 4.97. The highest BCUT2D eigenvalue weighted by Crippen LogP contribution is 2.15. The Morgan fingerprint density at radius 2 is 1.79 bits per heavy atom. The average Bonchev–Trinajstić information content (AvgIpc) is 2.59. The number of rotatable bonds is 6. The molecule has 0 aromatic heterocycles. The molecule has 0 saturated carbocycles. The summed E-state index contributed by atoms with van der Waals surface area (Å²) in [7, 11) is 0. The Bertz CT molecular complexity index is 696. The second kappa shape index (κ2) is 8.72. The van der Waals surface area contributed by atoms with E-state index < -0.39 is 11.8 Å². The minimum Gasteiger partial charge on any atom is -0.494 e. The van der Waals surface area contributed by atoms with Crippen LogP contribution in [0.15, 0.2) is 48.5 Å². The van der Waals surface area contributed by atoms with Crippen LogP contribution in [0.2, 0.25) is 0 Å². The highest BCUT2D eigenvalue weighted by atomic mass is 16.5. The fraction of sp³-hybridized carbons (Fsp3) is 0.263. The SMILES string of the molecule is CCCOc1ccc(NC(=O)C(=O)NCc2cccc(C)c2)cc1. The lowest BCUT2D eigenvalue weighted by molar-refractivity contribution is -0.136. The Morgan fingerprint density at radius 3 is 2.46 bits per heavy atom. The van der Waals surface area contributed by atoms with Gasteiger partial charge in [0, 0.05) is 12.2 Å². The molecule has 0 radical (unpaired) electrons. The van der Waals surface area contributed by atoms with Gasteiger partial charge in [-0.3, -0.25) is 9.59 Å². The van der Waals surface area contributed by atoms with E-state index in [1.165, 1.54) is 0 Å². The van der Waals surface area contributed by atoms with Crippen molar-refractivity contribution in [2.45, 2.75) is 26.8 Å². The summed E-state index contributed by atoms with van der Waals surface area (Å²) in [4.78, 5) is 23.8. The van der Waals surface area contributed by atoms with E-state index in [1.807, 2.05) is 38.1 Å². The molecular formula is C19H22N2O3. The highest BCUT2D eigenvalue weighted by molar-refractivity contribution is 6.39. The predicted octanol–water partition coefficient (Wildman–Crippen LogP) is 3.04. The van der Waals surface area contributed by atoms with E-state index in [2.05, 4.69) is 10.6 Å². The van der Waals surface area contributed by atoms with Crippen molar-refractivity contribution in [3.05, 3.63) is 59.7 Å². The first-order chi connectivity index (χ1) is 11.6. The molecule has 0 saturated heterocycles. The number of ether oxygens (including phenoxy) is 1. The normalized spacial score (nSPS) is 10.1. The Balaban J connectivity index is 1.83. The number of nitrogens with one attached hydrogen (secondary N) is 2. The number of carbonyl (C=O) groups excluding carboxylic acids is 2. The molecule has 2 rings (SSSR count). The Kier molecular flexibility index (Phi) is 6.37. The van der Waals surface area contributed by atoms with Crippen LogP contribution in [0, 0.1) is 6.92 Å². The van der Waals surface area contributed by atoms with Crippen LogP contribution >= 0.6 is 0 Å². The number of benzene rings is 2. The molecular weight excluding hydrogens is 304 g/mol. The van der Waals surface area contributed by atoms with Gasteiger partial charge in [-0.15, -0.1) is 0 Å². The third kappa shape index (κ3) is 5.43. The summed E-state index contributed by atoms with van der Waals surface area (Å²) in [5.41, 5.74) is 2.61. The van der Waals surface area contributed by atoms with Crippen LogP contribution in [-0.2, 0) is 16.1 Å². The standard InChI is InChI=1S/C19H22N2O3/c1-3-11-24-17-9-7-16(8-10-17)21-19(23)18(22)20-13-15-6-4-5-14(2)12-15/h4-10,12H,3,11,13H2,1-2H3,(H,20,22)(H,21,23). The summed E-state index contributed by atoms with van der Waals surface area (Å²) in [5, 5.41) is 5.18. The van der Waals surface area contributed by atoms with Gasteiger partial charge in [0.15, 0.2) is 0 Å². The van der Waals surface area contributed by atoms with Crippen LogP contribution in [0.5, 0.6) is 5.75 Å². The van der Waals surface area contributed by atoms with E-state index in [9.17, 15) is 9.59 Å². The number of amides is 2. The Hall–Kier alpha value is -2.82. The lowest BCUT2D eigenvalue weighted by Crippen LogP contribution is -2.34. The van der Waals surface area contributed by atoms with Gasteiger partial charge in [0.05, 0.1) is 6.61 Å². The maximum Gasteiger partial charge on any atom is 0.313 e. The minimum atomic E-state index is -0.690. The van der Waals surface area contributed by atoms with E-state index in [-0.39, 0.29) is 0 Å². The number of carbonyl (C=O) groups is 2. The largest absolute Gasteiger partial charge is 0.494 e. The molecule has 24 heavy (non-hydrogen) atoms. The predicted molar refractivity (Wildman–Crippen MR) is 93.9 cm³/mol. The fourth-order valence-electron chi connectivity index (χ4n) is 2.13. The van der Waals surface area contributed by atoms with Crippen molar-refractivity contribution in [3.63, 3.8) is 0 Å². The molecule has 0 fully saturated rings. The first kappa shape index (κ1) is 17.5. The molecule has 126 valence electrons. The van der Waals surface area contributed by atoms with E-state index >= 15 is 0 Å². The lowest BCUT2D eigenvalue weighted by Gasteiger charge is -2.08. The molecule has 0 aliphatic rings. The van der Waals surface area contributed by atoms with Gasteiger partial charge in [0.2, 0.25) is 0 Å². The van der Waals surface area contributed by atoms with Gasteiger partial charge in [0.25, 0.3) is 0 Å². The number of aryl methyl sites for hydroxylation is 1. The van der Waals surface area contributed by atoms with Gasteiger partial charge in [-0.05, 0) is 43.2 Å². The van der Waals surface area contributed by atoms with Crippen molar-refractivity contribution in [2.24, 2.45) is 0 Å². The summed E-state index contributed by atoms with van der Waals surface area (Å²) in [6, 6.07) is 14.7. The van der Waals surface area contributed by atoms with E-state index in [0.29, 0.717) is 18.8 Å². The first-order valence-corrected chi connectivity index (χ1v) is 7.96. The summed E-state index contributed by atoms with van der Waals surface area (Å²) >= 11 is 0. The Labute approximate surface area is 142 Å². The molecule has 2 aromatic rings. The molecule has 2 amide bonds. The highest BCUT2D eigenvalue weighted by Gasteiger charge is 2.13. The number of hydrogen-bond acceptors (Lipinski definition) is 3. The van der Waals surface area contributed by atoms with Crippen molar-refractivity contribution in [1.29, 1.82) is 0 Å². The van der Waals surface area contributed by atoms with Crippen molar-refractivity contribution in [3.8, 4) is 5.75 Å². The van der Waals surface area contributed by atoms with E-state index in [4.69, 9.17) is 4.74 Å². The number of hydrogen-bond donors (Lipinski definition) is 2. The average molecular weight is 326 g/mol. The van der Waals surface area contributed by atoms with Crippen molar-refractivity contribution in [1.82, 2.24) is 5.32 Å². The topological polar surface area (TPSA) is 67.4 Å². The van der Waals surface area contributed by atoms with Gasteiger partial charge in [-0.25, -0.2) is 0 Å². The minimum absolute atomic E-state index is 0.317. The summed E-state index contributed by atoms with van der Waals surface area (Å²) in [6.07, 6.45) is 0.930. The third-order valence-corrected chi connectivity index (χ3v) is 3.33. The van der Waals surface area contributed by atoms with Gasteiger partial charge in [-0.1, -0.05) is 36.8 Å². The first-order valence-electron chi connectivity index (χ1n) is 7.96. The molecule has 5 heteroatoms. The van der Waals surface area contributed by atoms with Crippen LogP contribution in [0.4, 0.5) is 5.69 Å². The molecule has 5 nitrogen and oxygen atoms in total. The zero-order chi connectivity index (χ0) is 17.4. The molecule has 0 heterocycles. The second-order valence-electron chi connectivity index (χ2n) is 5.50. The maximum atomic E-state index is 11.9. The molecule has 0 aliphatic carbocycles. The molecule has 0 aliphatic heterocycles. The molecule has 0 bridgehead atoms. The number of anilines is 1. The zero-order valence-corrected chi connectivity index (χ0v) is 14.0. The third-order valence-electron chi connectivity index (χ3n) is 3.33. The van der Waals surface area contributed by atoms with Crippen LogP contribution in [0.1, 0.15) is 24.5 Å². The van der Waals surface area contributed by atoms with Crippen molar-refractivity contribution >= 4 is 17.5 Å². The van der Waals surface area contributed by atoms with Gasteiger partial charge in [0.1, 0.15) is 5.75 Å². The van der Waals surface area contributed by atoms with Crippen LogP contribution in [-0.4, -0.2) is 18.4 Å². The molecule has 0 spiro atoms. The second-order valence-corrected chi connectivity index (χ2v) is 5.50. The van der Waals surface area contributed by atoms with Gasteiger partial charge < -0.3 is 15.4 Å². The van der Waals surface area contributed by atoms with Crippen molar-refractivity contribution in [2.75, 3.05) is 11.9 Å². The van der Waals surface area contributed by atoms with Crippen LogP contribution in [0.3, 0.4) is 0 Å². The fourth-order valence-corrected chi connectivity index (χ4v) is 2.13. The smallest absolute Gasteiger partial charge is 0.313 e. The van der Waals surface area contributed by atoms with Gasteiger partial charge >= 0.3 is 11.8 Å².